The SMILES string of the molecule is CCOC(=O)N(C)c1ccc(NC(=O)c2ccc(OCC(F)(F)F)nc2)cc1. The fraction of sp³-hybridized carbons (Fsp3) is 0.278. The molecule has 0 radical (unpaired) electrons. The van der Waals surface area contributed by atoms with Crippen molar-refractivity contribution < 1.29 is 32.2 Å². The molecular weight excluding hydrogens is 379 g/mol. The number of carbonyl (C=O) groups excluding carboxylic acids is 2. The van der Waals surface area contributed by atoms with Crippen molar-refractivity contribution in [2.45, 2.75) is 13.1 Å². The Morgan fingerprint density at radius 3 is 2.36 bits per heavy atom. The Morgan fingerprint density at radius 1 is 1.14 bits per heavy atom. The van der Waals surface area contributed by atoms with E-state index in [2.05, 4.69) is 15.0 Å². The molecular formula is C18H18F3N3O4. The van der Waals surface area contributed by atoms with Gasteiger partial charge in [-0.25, -0.2) is 9.78 Å². The molecule has 2 amide bonds. The zero-order valence-corrected chi connectivity index (χ0v) is 15.1. The first-order valence-electron chi connectivity index (χ1n) is 8.17. The molecule has 2 rings (SSSR count). The number of hydrogen-bond acceptors (Lipinski definition) is 5. The number of hydrogen-bond donors (Lipinski definition) is 1. The summed E-state index contributed by atoms with van der Waals surface area (Å²) in [6.07, 6.45) is -3.85. The Kier molecular flexibility index (Phi) is 6.80. The summed E-state index contributed by atoms with van der Waals surface area (Å²) >= 11 is 0. The third kappa shape index (κ3) is 6.15. The fourth-order valence-electron chi connectivity index (χ4n) is 2.05. The molecule has 1 aromatic heterocycles. The van der Waals surface area contributed by atoms with Crippen molar-refractivity contribution in [3.05, 3.63) is 48.2 Å². The van der Waals surface area contributed by atoms with Gasteiger partial charge in [0.15, 0.2) is 6.61 Å². The third-order valence-electron chi connectivity index (χ3n) is 3.44. The number of aromatic nitrogens is 1. The van der Waals surface area contributed by atoms with Gasteiger partial charge in [0.05, 0.1) is 12.2 Å². The minimum absolute atomic E-state index is 0.145. The molecule has 28 heavy (non-hydrogen) atoms. The van der Waals surface area contributed by atoms with Gasteiger partial charge in [-0.3, -0.25) is 9.69 Å². The topological polar surface area (TPSA) is 80.8 Å². The van der Waals surface area contributed by atoms with E-state index in [1.807, 2.05) is 0 Å². The Labute approximate surface area is 159 Å². The molecule has 0 spiro atoms. The van der Waals surface area contributed by atoms with Gasteiger partial charge in [0.2, 0.25) is 5.88 Å². The van der Waals surface area contributed by atoms with E-state index < -0.39 is 24.8 Å². The number of benzene rings is 1. The van der Waals surface area contributed by atoms with Crippen molar-refractivity contribution in [3.63, 3.8) is 0 Å². The van der Waals surface area contributed by atoms with Crippen LogP contribution in [0.15, 0.2) is 42.6 Å². The molecule has 2 aromatic rings. The number of pyridine rings is 1. The molecule has 0 aliphatic rings. The summed E-state index contributed by atoms with van der Waals surface area (Å²) in [6.45, 7) is 0.498. The highest BCUT2D eigenvalue weighted by atomic mass is 19.4. The van der Waals surface area contributed by atoms with Crippen LogP contribution in [0.25, 0.3) is 0 Å². The molecule has 0 aliphatic heterocycles. The molecule has 0 bridgehead atoms. The highest BCUT2D eigenvalue weighted by Gasteiger charge is 2.28. The Hall–Kier alpha value is -3.30. The van der Waals surface area contributed by atoms with Gasteiger partial charge in [0.1, 0.15) is 0 Å². The summed E-state index contributed by atoms with van der Waals surface area (Å²) < 4.78 is 45.7. The summed E-state index contributed by atoms with van der Waals surface area (Å²) in [6, 6.07) is 8.92. The number of ether oxygens (including phenoxy) is 2. The van der Waals surface area contributed by atoms with Gasteiger partial charge >= 0.3 is 12.3 Å². The van der Waals surface area contributed by atoms with E-state index in [-0.39, 0.29) is 18.1 Å². The Morgan fingerprint density at radius 2 is 1.82 bits per heavy atom. The molecule has 10 heteroatoms. The van der Waals surface area contributed by atoms with Crippen LogP contribution in [0.5, 0.6) is 5.88 Å². The maximum atomic E-state index is 12.2. The predicted octanol–water partition coefficient (Wildman–Crippen LogP) is 3.87. The predicted molar refractivity (Wildman–Crippen MR) is 95.6 cm³/mol. The van der Waals surface area contributed by atoms with Crippen LogP contribution in [-0.2, 0) is 4.74 Å². The number of alkyl halides is 3. The van der Waals surface area contributed by atoms with Crippen molar-refractivity contribution in [2.75, 3.05) is 30.5 Å². The van der Waals surface area contributed by atoms with Crippen LogP contribution in [-0.4, -0.2) is 43.4 Å². The van der Waals surface area contributed by atoms with Crippen LogP contribution in [0.4, 0.5) is 29.3 Å². The van der Waals surface area contributed by atoms with Gasteiger partial charge in [-0.05, 0) is 37.3 Å². The molecule has 7 nitrogen and oxygen atoms in total. The fourth-order valence-corrected chi connectivity index (χ4v) is 2.05. The minimum atomic E-state index is -4.47. The molecule has 0 saturated heterocycles. The van der Waals surface area contributed by atoms with E-state index in [9.17, 15) is 22.8 Å². The lowest BCUT2D eigenvalue weighted by molar-refractivity contribution is -0.154. The summed E-state index contributed by atoms with van der Waals surface area (Å²) in [7, 11) is 1.56. The highest BCUT2D eigenvalue weighted by molar-refractivity contribution is 6.04. The van der Waals surface area contributed by atoms with Crippen molar-refractivity contribution in [3.8, 4) is 5.88 Å². The van der Waals surface area contributed by atoms with Crippen LogP contribution in [0.2, 0.25) is 0 Å². The van der Waals surface area contributed by atoms with Gasteiger partial charge in [0, 0.05) is 30.7 Å². The average molecular weight is 397 g/mol. The molecule has 0 aliphatic carbocycles. The number of amides is 2. The van der Waals surface area contributed by atoms with Crippen molar-refractivity contribution in [2.24, 2.45) is 0 Å². The van der Waals surface area contributed by atoms with Gasteiger partial charge in [-0.1, -0.05) is 0 Å². The lowest BCUT2D eigenvalue weighted by Gasteiger charge is -2.17. The monoisotopic (exact) mass is 397 g/mol. The second-order valence-corrected chi connectivity index (χ2v) is 5.55. The zero-order valence-electron chi connectivity index (χ0n) is 15.1. The number of anilines is 2. The third-order valence-corrected chi connectivity index (χ3v) is 3.44. The second kappa shape index (κ2) is 9.07. The van der Waals surface area contributed by atoms with Crippen LogP contribution in [0.3, 0.4) is 0 Å². The van der Waals surface area contributed by atoms with Crippen molar-refractivity contribution in [1.29, 1.82) is 0 Å². The second-order valence-electron chi connectivity index (χ2n) is 5.55. The first-order chi connectivity index (χ1) is 13.2. The van der Waals surface area contributed by atoms with Gasteiger partial charge in [-0.15, -0.1) is 0 Å². The highest BCUT2D eigenvalue weighted by Crippen LogP contribution is 2.19. The largest absolute Gasteiger partial charge is 0.468 e. The van der Waals surface area contributed by atoms with E-state index in [1.165, 1.54) is 17.0 Å². The molecule has 1 aromatic carbocycles. The molecule has 0 saturated carbocycles. The van der Waals surface area contributed by atoms with Crippen molar-refractivity contribution >= 4 is 23.4 Å². The lowest BCUT2D eigenvalue weighted by Crippen LogP contribution is -2.26. The molecule has 1 N–H and O–H groups in total. The maximum absolute atomic E-state index is 12.2. The van der Waals surface area contributed by atoms with Gasteiger partial charge in [0.25, 0.3) is 5.91 Å². The first kappa shape index (κ1) is 21.0. The summed E-state index contributed by atoms with van der Waals surface area (Å²) in [4.78, 5) is 28.9. The number of carbonyl (C=O) groups is 2. The number of halogens is 3. The van der Waals surface area contributed by atoms with Gasteiger partial charge in [-0.2, -0.15) is 13.2 Å². The number of nitrogens with one attached hydrogen (secondary N) is 1. The van der Waals surface area contributed by atoms with E-state index >= 15 is 0 Å². The normalized spacial score (nSPS) is 10.9. The first-order valence-corrected chi connectivity index (χ1v) is 8.17. The number of nitrogens with zero attached hydrogens (tertiary/aromatic N) is 2. The van der Waals surface area contributed by atoms with Crippen LogP contribution < -0.4 is 15.0 Å². The quantitative estimate of drug-likeness (QED) is 0.801. The molecule has 1 heterocycles. The zero-order chi connectivity index (χ0) is 20.7. The molecule has 0 unspecified atom stereocenters. The number of rotatable bonds is 6. The van der Waals surface area contributed by atoms with Crippen LogP contribution in [0, 0.1) is 0 Å². The molecule has 150 valence electrons. The molecule has 0 atom stereocenters. The van der Waals surface area contributed by atoms with Crippen LogP contribution >= 0.6 is 0 Å². The smallest absolute Gasteiger partial charge is 0.422 e. The van der Waals surface area contributed by atoms with E-state index in [0.717, 1.165) is 6.20 Å². The lowest BCUT2D eigenvalue weighted by atomic mass is 10.2. The van der Waals surface area contributed by atoms with Gasteiger partial charge < -0.3 is 14.8 Å². The summed E-state index contributed by atoms with van der Waals surface area (Å²) in [5, 5.41) is 2.62. The Balaban J connectivity index is 1.96. The van der Waals surface area contributed by atoms with E-state index in [0.29, 0.717) is 11.4 Å². The van der Waals surface area contributed by atoms with E-state index in [1.54, 1.807) is 38.2 Å². The van der Waals surface area contributed by atoms with Crippen molar-refractivity contribution in [1.82, 2.24) is 4.98 Å². The summed E-state index contributed by atoms with van der Waals surface area (Å²) in [5.41, 5.74) is 1.18. The maximum Gasteiger partial charge on any atom is 0.422 e. The minimum Gasteiger partial charge on any atom is -0.468 e. The van der Waals surface area contributed by atoms with E-state index in [4.69, 9.17) is 4.74 Å². The molecule has 0 fully saturated rings. The Bertz CT molecular complexity index is 808. The average Bonchev–Trinajstić information content (AvgIpc) is 2.66. The van der Waals surface area contributed by atoms with Crippen LogP contribution in [0.1, 0.15) is 17.3 Å². The summed E-state index contributed by atoms with van der Waals surface area (Å²) in [5.74, 6) is -0.735. The standard InChI is InChI=1S/C18H18F3N3O4/c1-3-27-17(26)24(2)14-7-5-13(6-8-14)23-16(25)12-4-9-15(22-10-12)28-11-18(19,20)21/h4-10H,3,11H2,1-2H3,(H,23,25).